The van der Waals surface area contributed by atoms with Gasteiger partial charge < -0.3 is 19.4 Å². The molecule has 3 aromatic carbocycles. The predicted molar refractivity (Wildman–Crippen MR) is 212 cm³/mol. The highest BCUT2D eigenvalue weighted by atomic mass is 35.5. The molecule has 0 bridgehead atoms. The number of nitrogens with one attached hydrogen (secondary N) is 1. The Morgan fingerprint density at radius 3 is 2.22 bits per heavy atom. The van der Waals surface area contributed by atoms with Crippen LogP contribution in [0.4, 0.5) is 17.1 Å². The highest BCUT2D eigenvalue weighted by molar-refractivity contribution is 6.33. The Bertz CT molecular complexity index is 1990. The molecule has 10 nitrogen and oxygen atoms in total. The standard InChI is InChI=1S/C44H48ClN5O5/c1-46-37-11-7-31(27-36(37)45)49-25-18-33(19-26-49)55-32-8-5-29(6-9-32)30-16-21-48(22-17-30)20-13-28-14-23-50(24-15-28)38-4-2-3-34-40(38)43(53)41(42(34)52)35-10-12-39(51)47-44(35)54/h2-9,11,27-28,30,33,35,41H,10,12-26H2,(H,47,51,54). The summed E-state index contributed by atoms with van der Waals surface area (Å²) < 4.78 is 6.39. The number of amides is 2. The second-order valence-electron chi connectivity index (χ2n) is 15.9. The summed E-state index contributed by atoms with van der Waals surface area (Å²) in [5, 5.41) is 2.82. The van der Waals surface area contributed by atoms with Crippen LogP contribution in [0.15, 0.2) is 60.7 Å². The molecular weight excluding hydrogens is 714 g/mol. The van der Waals surface area contributed by atoms with Crippen molar-refractivity contribution in [3.8, 4) is 5.75 Å². The van der Waals surface area contributed by atoms with Crippen LogP contribution in [0, 0.1) is 24.3 Å². The van der Waals surface area contributed by atoms with Crippen LogP contribution in [0.5, 0.6) is 5.75 Å². The monoisotopic (exact) mass is 761 g/mol. The molecule has 55 heavy (non-hydrogen) atoms. The lowest BCUT2D eigenvalue weighted by Crippen LogP contribution is -2.46. The minimum absolute atomic E-state index is 0.148. The number of ether oxygens (including phenoxy) is 1. The van der Waals surface area contributed by atoms with E-state index in [4.69, 9.17) is 22.9 Å². The Morgan fingerprint density at radius 2 is 1.53 bits per heavy atom. The van der Waals surface area contributed by atoms with E-state index in [2.05, 4.69) is 49.1 Å². The predicted octanol–water partition coefficient (Wildman–Crippen LogP) is 7.47. The first-order valence-corrected chi connectivity index (χ1v) is 20.3. The van der Waals surface area contributed by atoms with Crippen LogP contribution >= 0.6 is 11.6 Å². The summed E-state index contributed by atoms with van der Waals surface area (Å²) in [6.45, 7) is 14.0. The van der Waals surface area contributed by atoms with Crippen molar-refractivity contribution in [1.82, 2.24) is 10.2 Å². The van der Waals surface area contributed by atoms with Crippen LogP contribution in [-0.2, 0) is 9.59 Å². The number of nitrogens with zero attached hydrogens (tertiary/aromatic N) is 4. The number of halogens is 1. The van der Waals surface area contributed by atoms with Gasteiger partial charge in [0.2, 0.25) is 17.5 Å². The fourth-order valence-corrected chi connectivity index (χ4v) is 9.66. The second kappa shape index (κ2) is 16.2. The molecule has 2 unspecified atom stereocenters. The zero-order valence-electron chi connectivity index (χ0n) is 31.2. The summed E-state index contributed by atoms with van der Waals surface area (Å²) in [7, 11) is 0. The van der Waals surface area contributed by atoms with Gasteiger partial charge in [0.05, 0.1) is 24.0 Å². The van der Waals surface area contributed by atoms with Crippen LogP contribution in [0.2, 0.25) is 5.02 Å². The van der Waals surface area contributed by atoms with Crippen molar-refractivity contribution in [3.63, 3.8) is 0 Å². The molecule has 1 N–H and O–H groups in total. The first-order chi connectivity index (χ1) is 26.7. The van der Waals surface area contributed by atoms with Gasteiger partial charge in [-0.3, -0.25) is 24.5 Å². The Labute approximate surface area is 327 Å². The number of carbonyl (C=O) groups is 4. The molecular formula is C44H48ClN5O5. The van der Waals surface area contributed by atoms with Crippen molar-refractivity contribution in [2.24, 2.45) is 17.8 Å². The quantitative estimate of drug-likeness (QED) is 0.136. The molecule has 4 saturated heterocycles. The number of ketones is 2. The SMILES string of the molecule is [C-]#[N+]c1ccc(N2CCC(Oc3ccc(C4CCN(CCC5CCN(c6cccc7c6C(=O)C(C6CCC(=O)NC6=O)C7=O)CC5)CC4)cc3)CC2)cc1Cl. The summed E-state index contributed by atoms with van der Waals surface area (Å²) in [5.41, 5.74) is 4.61. The van der Waals surface area contributed by atoms with Gasteiger partial charge in [-0.05, 0) is 106 Å². The van der Waals surface area contributed by atoms with Gasteiger partial charge in [-0.1, -0.05) is 41.9 Å². The molecule has 3 aromatic rings. The van der Waals surface area contributed by atoms with Crippen LogP contribution in [0.1, 0.15) is 90.0 Å². The summed E-state index contributed by atoms with van der Waals surface area (Å²) in [4.78, 5) is 61.9. The van der Waals surface area contributed by atoms with Gasteiger partial charge in [0.1, 0.15) is 11.9 Å². The third kappa shape index (κ3) is 7.87. The maximum absolute atomic E-state index is 13.7. The molecule has 4 aliphatic heterocycles. The first kappa shape index (κ1) is 37.2. The van der Waals surface area contributed by atoms with Crippen molar-refractivity contribution in [2.75, 3.05) is 55.6 Å². The third-order valence-electron chi connectivity index (χ3n) is 12.7. The van der Waals surface area contributed by atoms with E-state index in [0.29, 0.717) is 33.7 Å². The molecule has 8 rings (SSSR count). The number of hydrogen-bond donors (Lipinski definition) is 1. The lowest BCUT2D eigenvalue weighted by Gasteiger charge is -2.37. The number of hydrogen-bond acceptors (Lipinski definition) is 8. The van der Waals surface area contributed by atoms with Gasteiger partial charge in [0, 0.05) is 67.4 Å². The number of carbonyl (C=O) groups excluding carboxylic acids is 4. The Kier molecular flexibility index (Phi) is 10.9. The maximum atomic E-state index is 13.7. The van der Waals surface area contributed by atoms with Crippen molar-refractivity contribution >= 4 is 52.0 Å². The smallest absolute Gasteiger partial charge is 0.230 e. The minimum atomic E-state index is -1.04. The van der Waals surface area contributed by atoms with E-state index in [1.54, 1.807) is 12.1 Å². The van der Waals surface area contributed by atoms with Crippen LogP contribution in [-0.4, -0.2) is 80.2 Å². The topological polar surface area (TPSA) is 104 Å². The lowest BCUT2D eigenvalue weighted by atomic mass is 9.82. The molecule has 0 spiro atoms. The number of likely N-dealkylation sites (tertiary alicyclic amines) is 1. The van der Waals surface area contributed by atoms with E-state index in [-0.39, 0.29) is 36.4 Å². The number of anilines is 2. The zero-order chi connectivity index (χ0) is 38.1. The average molecular weight is 762 g/mol. The van der Waals surface area contributed by atoms with Gasteiger partial charge in [-0.2, -0.15) is 0 Å². The fraction of sp³-hybridized carbons (Fsp3) is 0.477. The number of piperidine rings is 4. The molecule has 5 aliphatic rings. The molecule has 4 fully saturated rings. The number of fused-ring (bicyclic) bond motifs is 1. The van der Waals surface area contributed by atoms with Crippen molar-refractivity contribution < 1.29 is 23.9 Å². The van der Waals surface area contributed by atoms with Crippen molar-refractivity contribution in [1.29, 1.82) is 0 Å². The molecule has 1 aliphatic carbocycles. The van der Waals surface area contributed by atoms with E-state index >= 15 is 0 Å². The number of imide groups is 1. The second-order valence-corrected chi connectivity index (χ2v) is 16.3. The molecule has 0 saturated carbocycles. The Hall–Kier alpha value is -4.72. The fourth-order valence-electron chi connectivity index (χ4n) is 9.45. The maximum Gasteiger partial charge on any atom is 0.230 e. The summed E-state index contributed by atoms with van der Waals surface area (Å²) >= 11 is 6.27. The minimum Gasteiger partial charge on any atom is -0.490 e. The van der Waals surface area contributed by atoms with Gasteiger partial charge >= 0.3 is 0 Å². The Morgan fingerprint density at radius 1 is 0.800 bits per heavy atom. The normalized spacial score (nSPS) is 23.1. The third-order valence-corrected chi connectivity index (χ3v) is 13.0. The van der Waals surface area contributed by atoms with E-state index in [9.17, 15) is 19.2 Å². The number of rotatable bonds is 9. The molecule has 4 heterocycles. The van der Waals surface area contributed by atoms with Crippen molar-refractivity contribution in [2.45, 2.75) is 69.8 Å². The van der Waals surface area contributed by atoms with E-state index < -0.39 is 17.7 Å². The first-order valence-electron chi connectivity index (χ1n) is 20.0. The van der Waals surface area contributed by atoms with Gasteiger partial charge in [-0.25, -0.2) is 4.85 Å². The highest BCUT2D eigenvalue weighted by Crippen LogP contribution is 2.41. The summed E-state index contributed by atoms with van der Waals surface area (Å²) in [6.07, 6.45) is 7.99. The largest absolute Gasteiger partial charge is 0.490 e. The molecule has 286 valence electrons. The van der Waals surface area contributed by atoms with Gasteiger partial charge in [0.15, 0.2) is 11.6 Å². The lowest BCUT2D eigenvalue weighted by molar-refractivity contribution is -0.137. The van der Waals surface area contributed by atoms with Gasteiger partial charge in [0.25, 0.3) is 0 Å². The zero-order valence-corrected chi connectivity index (χ0v) is 31.9. The molecule has 0 radical (unpaired) electrons. The van der Waals surface area contributed by atoms with Gasteiger partial charge in [-0.15, -0.1) is 0 Å². The molecule has 2 amide bonds. The van der Waals surface area contributed by atoms with E-state index in [1.165, 1.54) is 5.56 Å². The molecule has 2 atom stereocenters. The van der Waals surface area contributed by atoms with E-state index in [0.717, 1.165) is 108 Å². The van der Waals surface area contributed by atoms with Crippen LogP contribution in [0.25, 0.3) is 4.85 Å². The Balaban J connectivity index is 0.761. The molecule has 0 aromatic heterocycles. The highest BCUT2D eigenvalue weighted by Gasteiger charge is 2.49. The van der Waals surface area contributed by atoms with Crippen LogP contribution < -0.4 is 19.9 Å². The number of benzene rings is 3. The van der Waals surface area contributed by atoms with Crippen molar-refractivity contribution in [3.05, 3.63) is 93.8 Å². The number of Topliss-reactive ketones (excluding diaryl/α,β-unsaturated/α-hetero) is 2. The van der Waals surface area contributed by atoms with Crippen LogP contribution in [0.3, 0.4) is 0 Å². The summed E-state index contributed by atoms with van der Waals surface area (Å²) in [5.74, 6) is -1.15. The molecule has 11 heteroatoms. The summed E-state index contributed by atoms with van der Waals surface area (Å²) in [6, 6.07) is 19.9. The van der Waals surface area contributed by atoms with E-state index in [1.807, 2.05) is 24.3 Å². The average Bonchev–Trinajstić information content (AvgIpc) is 3.46.